The summed E-state index contributed by atoms with van der Waals surface area (Å²) in [4.78, 5) is 12.5. The molecule has 136 valence electrons. The third kappa shape index (κ3) is 3.47. The second-order valence-corrected chi connectivity index (χ2v) is 9.30. The van der Waals surface area contributed by atoms with Gasteiger partial charge in [0, 0.05) is 0 Å². The van der Waals surface area contributed by atoms with E-state index in [4.69, 9.17) is 18.8 Å². The lowest BCUT2D eigenvalue weighted by molar-refractivity contribution is -0.185. The smallest absolute Gasteiger partial charge is 0.309 e. The second kappa shape index (κ2) is 6.23. The zero-order valence-corrected chi connectivity index (χ0v) is 14.3. The van der Waals surface area contributed by atoms with Crippen LogP contribution in [0.15, 0.2) is 0 Å². The van der Waals surface area contributed by atoms with Crippen LogP contribution in [0, 0.1) is 29.6 Å². The maximum atomic E-state index is 12.5. The molecular weight excluding hydrogens is 336 g/mol. The molecule has 8 heteroatoms. The van der Waals surface area contributed by atoms with Crippen molar-refractivity contribution < 1.29 is 32.0 Å². The lowest BCUT2D eigenvalue weighted by atomic mass is 9.50. The predicted molar refractivity (Wildman–Crippen MR) is 82.8 cm³/mol. The van der Waals surface area contributed by atoms with Gasteiger partial charge in [-0.15, -0.1) is 0 Å². The van der Waals surface area contributed by atoms with E-state index in [1.165, 1.54) is 6.42 Å². The highest BCUT2D eigenvalue weighted by molar-refractivity contribution is 7.85. The Balaban J connectivity index is 1.40. The molecular formula is C16H24O7S. The van der Waals surface area contributed by atoms with E-state index in [1.54, 1.807) is 0 Å². The van der Waals surface area contributed by atoms with Crippen LogP contribution in [0.4, 0.5) is 0 Å². The Labute approximate surface area is 141 Å². The van der Waals surface area contributed by atoms with E-state index in [0.29, 0.717) is 24.4 Å². The van der Waals surface area contributed by atoms with Gasteiger partial charge in [-0.3, -0.25) is 9.35 Å². The number of ether oxygens (including phenoxy) is 3. The molecule has 1 N–H and O–H groups in total. The fourth-order valence-corrected chi connectivity index (χ4v) is 5.50. The summed E-state index contributed by atoms with van der Waals surface area (Å²) in [6.07, 6.45) is 4.52. The van der Waals surface area contributed by atoms with Crippen LogP contribution in [0.25, 0.3) is 0 Å². The van der Waals surface area contributed by atoms with Gasteiger partial charge < -0.3 is 14.2 Å². The Morgan fingerprint density at radius 2 is 1.92 bits per heavy atom. The monoisotopic (exact) mass is 360 g/mol. The summed E-state index contributed by atoms with van der Waals surface area (Å²) in [6.45, 7) is 1.06. The Morgan fingerprint density at radius 1 is 1.17 bits per heavy atom. The number of hydrogen-bond acceptors (Lipinski definition) is 6. The van der Waals surface area contributed by atoms with Crippen LogP contribution in [0.2, 0.25) is 0 Å². The zero-order valence-electron chi connectivity index (χ0n) is 13.5. The van der Waals surface area contributed by atoms with E-state index in [9.17, 15) is 13.2 Å². The van der Waals surface area contributed by atoms with Crippen molar-refractivity contribution in [1.82, 2.24) is 0 Å². The summed E-state index contributed by atoms with van der Waals surface area (Å²) in [7, 11) is -4.11. The Bertz CT molecular complexity index is 600. The SMILES string of the molecule is O=C(OCCS(=O)(=O)O)C1C2CC3CC(C2)C(OCC2CO2)C1C3. The molecule has 0 spiro atoms. The molecule has 0 aromatic rings. The van der Waals surface area contributed by atoms with Crippen molar-refractivity contribution in [1.29, 1.82) is 0 Å². The van der Waals surface area contributed by atoms with Gasteiger partial charge in [-0.2, -0.15) is 8.42 Å². The van der Waals surface area contributed by atoms with Crippen LogP contribution in [0.5, 0.6) is 0 Å². The first-order valence-corrected chi connectivity index (χ1v) is 10.4. The van der Waals surface area contributed by atoms with Crippen LogP contribution in [-0.4, -0.2) is 56.7 Å². The van der Waals surface area contributed by atoms with Gasteiger partial charge >= 0.3 is 5.97 Å². The van der Waals surface area contributed by atoms with Gasteiger partial charge in [-0.1, -0.05) is 0 Å². The van der Waals surface area contributed by atoms with Crippen LogP contribution in [0.3, 0.4) is 0 Å². The van der Waals surface area contributed by atoms with E-state index < -0.39 is 15.9 Å². The van der Waals surface area contributed by atoms with Crippen LogP contribution in [0.1, 0.15) is 25.7 Å². The lowest BCUT2D eigenvalue weighted by Crippen LogP contribution is -2.57. The Morgan fingerprint density at radius 3 is 2.62 bits per heavy atom. The van der Waals surface area contributed by atoms with Gasteiger partial charge in [-0.05, 0) is 49.4 Å². The molecule has 1 aliphatic heterocycles. The first-order valence-electron chi connectivity index (χ1n) is 8.75. The van der Waals surface area contributed by atoms with Crippen molar-refractivity contribution in [2.24, 2.45) is 29.6 Å². The molecule has 1 heterocycles. The minimum absolute atomic E-state index is 0.0844. The third-order valence-corrected chi connectivity index (χ3v) is 6.76. The van der Waals surface area contributed by atoms with Crippen LogP contribution < -0.4 is 0 Å². The summed E-state index contributed by atoms with van der Waals surface area (Å²) in [5.41, 5.74) is 0. The Kier molecular flexibility index (Phi) is 4.35. The maximum absolute atomic E-state index is 12.5. The number of esters is 1. The van der Waals surface area contributed by atoms with E-state index in [1.807, 2.05) is 0 Å². The van der Waals surface area contributed by atoms with E-state index in [-0.39, 0.29) is 36.6 Å². The molecule has 5 aliphatic rings. The predicted octanol–water partition coefficient (Wildman–Crippen LogP) is 0.884. The van der Waals surface area contributed by atoms with Crippen molar-refractivity contribution in [2.45, 2.75) is 37.9 Å². The molecule has 0 aromatic heterocycles. The summed E-state index contributed by atoms with van der Waals surface area (Å²) in [5.74, 6) is 0.602. The maximum Gasteiger partial charge on any atom is 0.309 e. The number of epoxide rings is 1. The lowest BCUT2D eigenvalue weighted by Gasteiger charge is -2.56. The average Bonchev–Trinajstić information content (AvgIpc) is 3.29. The minimum Gasteiger partial charge on any atom is -0.464 e. The number of hydrogen-bond donors (Lipinski definition) is 1. The average molecular weight is 360 g/mol. The van der Waals surface area contributed by atoms with Gasteiger partial charge in [0.2, 0.25) is 0 Å². The van der Waals surface area contributed by atoms with E-state index in [2.05, 4.69) is 0 Å². The van der Waals surface area contributed by atoms with Crippen molar-refractivity contribution in [2.75, 3.05) is 25.6 Å². The topological polar surface area (TPSA) is 102 Å². The molecule has 7 unspecified atom stereocenters. The van der Waals surface area contributed by atoms with Gasteiger partial charge in [0.05, 0.1) is 25.2 Å². The molecule has 0 radical (unpaired) electrons. The standard InChI is InChI=1S/C16H24O7S/c17-16(21-1-2-24(18,19)20)14-10-3-9-4-11(6-10)15(13(14)5-9)23-8-12-7-22-12/h9-15H,1-8H2,(H,18,19,20). The quantitative estimate of drug-likeness (QED) is 0.408. The van der Waals surface area contributed by atoms with Crippen LogP contribution >= 0.6 is 0 Å². The summed E-state index contributed by atoms with van der Waals surface area (Å²) < 4.78 is 46.8. The van der Waals surface area contributed by atoms with Crippen molar-refractivity contribution >= 4 is 16.1 Å². The number of carbonyl (C=O) groups excluding carboxylic acids is 1. The zero-order chi connectivity index (χ0) is 16.9. The normalized spacial score (nSPS) is 43.0. The van der Waals surface area contributed by atoms with Crippen molar-refractivity contribution in [3.63, 3.8) is 0 Å². The fraction of sp³-hybridized carbons (Fsp3) is 0.938. The fourth-order valence-electron chi connectivity index (χ4n) is 5.21. The van der Waals surface area contributed by atoms with Gasteiger partial charge in [-0.25, -0.2) is 0 Å². The minimum atomic E-state index is -4.11. The highest BCUT2D eigenvalue weighted by Crippen LogP contribution is 2.57. The molecule has 4 bridgehead atoms. The van der Waals surface area contributed by atoms with Crippen molar-refractivity contribution in [3.8, 4) is 0 Å². The highest BCUT2D eigenvalue weighted by atomic mass is 32.2. The van der Waals surface area contributed by atoms with E-state index >= 15 is 0 Å². The summed E-state index contributed by atoms with van der Waals surface area (Å²) in [6, 6.07) is 0. The molecule has 7 nitrogen and oxygen atoms in total. The molecule has 4 saturated carbocycles. The van der Waals surface area contributed by atoms with Crippen LogP contribution in [-0.2, 0) is 29.1 Å². The summed E-state index contributed by atoms with van der Waals surface area (Å²) >= 11 is 0. The number of rotatable bonds is 7. The van der Waals surface area contributed by atoms with Gasteiger partial charge in [0.25, 0.3) is 10.1 Å². The van der Waals surface area contributed by atoms with Crippen molar-refractivity contribution in [3.05, 3.63) is 0 Å². The second-order valence-electron chi connectivity index (χ2n) is 7.73. The van der Waals surface area contributed by atoms with Gasteiger partial charge in [0.1, 0.15) is 18.5 Å². The first kappa shape index (κ1) is 16.8. The molecule has 5 rings (SSSR count). The molecule has 0 aromatic carbocycles. The number of carbonyl (C=O) groups is 1. The molecule has 7 atom stereocenters. The molecule has 1 saturated heterocycles. The van der Waals surface area contributed by atoms with E-state index in [0.717, 1.165) is 25.9 Å². The molecule has 0 amide bonds. The third-order valence-electron chi connectivity index (χ3n) is 6.07. The highest BCUT2D eigenvalue weighted by Gasteiger charge is 2.57. The molecule has 5 fully saturated rings. The van der Waals surface area contributed by atoms with Gasteiger partial charge in [0.15, 0.2) is 0 Å². The molecule has 24 heavy (non-hydrogen) atoms. The Hall–Kier alpha value is -0.700. The molecule has 4 aliphatic carbocycles. The summed E-state index contributed by atoms with van der Waals surface area (Å²) in [5, 5.41) is 0. The first-order chi connectivity index (χ1) is 11.4. The largest absolute Gasteiger partial charge is 0.464 e.